The van der Waals surface area contributed by atoms with Crippen molar-refractivity contribution in [1.82, 2.24) is 25.0 Å². The van der Waals surface area contributed by atoms with Crippen LogP contribution in [-0.4, -0.2) is 35.9 Å². The zero-order valence-corrected chi connectivity index (χ0v) is 17.5. The molecule has 6 N–H and O–H groups in total. The lowest BCUT2D eigenvalue weighted by Crippen LogP contribution is -2.33. The van der Waals surface area contributed by atoms with Gasteiger partial charge < -0.3 is 15.7 Å². The van der Waals surface area contributed by atoms with E-state index >= 15 is 0 Å². The first-order chi connectivity index (χ1) is 13.7. The van der Waals surface area contributed by atoms with Gasteiger partial charge >= 0.3 is 5.69 Å². The minimum atomic E-state index is -0.906. The highest BCUT2D eigenvalue weighted by Gasteiger charge is 2.16. The van der Waals surface area contributed by atoms with Crippen molar-refractivity contribution in [1.29, 1.82) is 5.26 Å². The number of rotatable bonds is 4. The van der Waals surface area contributed by atoms with Crippen LogP contribution in [0.3, 0.4) is 0 Å². The van der Waals surface area contributed by atoms with Gasteiger partial charge in [0.1, 0.15) is 6.07 Å². The monoisotopic (exact) mass is 470 g/mol. The Kier molecular flexibility index (Phi) is 8.24. The van der Waals surface area contributed by atoms with Crippen molar-refractivity contribution >= 4 is 23.2 Å². The van der Waals surface area contributed by atoms with Crippen molar-refractivity contribution in [3.63, 3.8) is 0 Å². The summed E-state index contributed by atoms with van der Waals surface area (Å²) in [5.74, 6) is 0.0326. The maximum Gasteiger partial charge on any atom is 0.349 e. The molecule has 0 saturated carbocycles. The molecule has 0 fully saturated rings. The minimum absolute atomic E-state index is 0. The number of aromatic nitrogens is 5. The third-order valence-electron chi connectivity index (χ3n) is 3.80. The van der Waals surface area contributed by atoms with Crippen LogP contribution in [0.4, 0.5) is 0 Å². The van der Waals surface area contributed by atoms with Crippen molar-refractivity contribution < 1.29 is 15.7 Å². The molecule has 0 aliphatic heterocycles. The second kappa shape index (κ2) is 10.0. The normalized spacial score (nSPS) is 10.1. The molecule has 3 rings (SSSR count). The Hall–Kier alpha value is -3.50. The molecule has 0 amide bonds. The molecule has 2 aromatic heterocycles. The lowest BCUT2D eigenvalue weighted by molar-refractivity contribution is 0.452. The highest BCUT2D eigenvalue weighted by molar-refractivity contribution is 6.37. The summed E-state index contributed by atoms with van der Waals surface area (Å²) in [6.45, 7) is 3.68. The molecule has 0 atom stereocenters. The lowest BCUT2D eigenvalue weighted by atomic mass is 10.1. The van der Waals surface area contributed by atoms with Gasteiger partial charge in [-0.2, -0.15) is 9.94 Å². The molecule has 0 spiro atoms. The fourth-order valence-corrected chi connectivity index (χ4v) is 2.95. The zero-order chi connectivity index (χ0) is 21.3. The van der Waals surface area contributed by atoms with Gasteiger partial charge in [-0.25, -0.2) is 9.89 Å². The third kappa shape index (κ3) is 5.16. The largest absolute Gasteiger partial charge is 0.434 e. The van der Waals surface area contributed by atoms with Crippen LogP contribution in [0.2, 0.25) is 10.0 Å². The summed E-state index contributed by atoms with van der Waals surface area (Å²) < 4.78 is 6.38. The van der Waals surface area contributed by atoms with Gasteiger partial charge in [0.25, 0.3) is 11.1 Å². The topological polar surface area (TPSA) is 210 Å². The van der Waals surface area contributed by atoms with Gasteiger partial charge in [0, 0.05) is 11.6 Å². The van der Waals surface area contributed by atoms with Crippen molar-refractivity contribution in [3.05, 3.63) is 70.7 Å². The maximum absolute atomic E-state index is 12.0. The summed E-state index contributed by atoms with van der Waals surface area (Å²) >= 11 is 12.5. The number of ether oxygens (including phenoxy) is 1. The van der Waals surface area contributed by atoms with E-state index in [4.69, 9.17) is 33.2 Å². The van der Waals surface area contributed by atoms with Gasteiger partial charge in [0.05, 0.1) is 15.7 Å². The summed E-state index contributed by atoms with van der Waals surface area (Å²) in [7, 11) is 0. The third-order valence-corrected chi connectivity index (χ3v) is 4.36. The standard InChI is InChI=1S/C17H12Cl2N6O4.2H2O/c1-7(2)9-5-13(22-23-15(9)26)29-14-10(18)3-8(4-11(14)19)25-17(28)21-16(27)12(6-20)24-25;;/h3-5,7H,1-2H3,(H,23,26)(H,21,27,28);2*1H2. The Balaban J connectivity index is 0.00000240. The molecule has 0 saturated heterocycles. The second-order valence-corrected chi connectivity index (χ2v) is 6.93. The number of halogens is 2. The van der Waals surface area contributed by atoms with Gasteiger partial charge in [-0.3, -0.25) is 14.6 Å². The van der Waals surface area contributed by atoms with Crippen LogP contribution in [0.25, 0.3) is 5.69 Å². The summed E-state index contributed by atoms with van der Waals surface area (Å²) in [5.41, 5.74) is -2.06. The number of nitrogens with zero attached hydrogens (tertiary/aromatic N) is 4. The molecule has 0 aliphatic carbocycles. The van der Waals surface area contributed by atoms with E-state index in [9.17, 15) is 14.4 Å². The fraction of sp³-hybridized carbons (Fsp3) is 0.176. The molecular formula is C17H16Cl2N6O6. The molecule has 0 radical (unpaired) electrons. The fourth-order valence-electron chi connectivity index (χ4n) is 2.40. The summed E-state index contributed by atoms with van der Waals surface area (Å²) in [6, 6.07) is 5.67. The molecule has 0 unspecified atom stereocenters. The Morgan fingerprint density at radius 1 is 1.10 bits per heavy atom. The maximum atomic E-state index is 12.0. The smallest absolute Gasteiger partial charge is 0.349 e. The number of hydrogen-bond donors (Lipinski definition) is 2. The quantitative estimate of drug-likeness (QED) is 0.548. The second-order valence-electron chi connectivity index (χ2n) is 6.12. The van der Waals surface area contributed by atoms with E-state index in [1.807, 2.05) is 18.8 Å². The molecule has 3 aromatic rings. The number of H-pyrrole nitrogens is 2. The van der Waals surface area contributed by atoms with E-state index in [2.05, 4.69) is 15.3 Å². The van der Waals surface area contributed by atoms with Gasteiger partial charge in [-0.05, 0) is 18.1 Å². The van der Waals surface area contributed by atoms with Crippen LogP contribution in [0.5, 0.6) is 11.6 Å². The first-order valence-corrected chi connectivity index (χ1v) is 8.87. The summed E-state index contributed by atoms with van der Waals surface area (Å²) in [4.78, 5) is 37.3. The van der Waals surface area contributed by atoms with Crippen molar-refractivity contribution in [2.45, 2.75) is 19.8 Å². The number of nitrogens with one attached hydrogen (secondary N) is 2. The Labute approximate surface area is 183 Å². The molecule has 164 valence electrons. The molecule has 0 aliphatic rings. The van der Waals surface area contributed by atoms with Crippen molar-refractivity contribution in [2.75, 3.05) is 0 Å². The van der Waals surface area contributed by atoms with Crippen LogP contribution in [0.15, 0.2) is 32.6 Å². The van der Waals surface area contributed by atoms with E-state index in [0.29, 0.717) is 5.56 Å². The zero-order valence-electron chi connectivity index (χ0n) is 16.0. The van der Waals surface area contributed by atoms with E-state index < -0.39 is 16.9 Å². The summed E-state index contributed by atoms with van der Waals surface area (Å²) in [5, 5.41) is 18.8. The average Bonchev–Trinajstić information content (AvgIpc) is 2.65. The molecule has 1 aromatic carbocycles. The van der Waals surface area contributed by atoms with Crippen molar-refractivity contribution in [2.24, 2.45) is 0 Å². The van der Waals surface area contributed by atoms with Crippen LogP contribution >= 0.6 is 23.2 Å². The number of nitriles is 1. The minimum Gasteiger partial charge on any atom is -0.434 e. The van der Waals surface area contributed by atoms with E-state index in [1.165, 1.54) is 18.2 Å². The molecule has 0 bridgehead atoms. The van der Waals surface area contributed by atoms with Crippen LogP contribution in [0.1, 0.15) is 31.0 Å². The number of hydrogen-bond acceptors (Lipinski definition) is 7. The van der Waals surface area contributed by atoms with E-state index in [-0.39, 0.29) is 49.8 Å². The highest BCUT2D eigenvalue weighted by Crippen LogP contribution is 2.37. The van der Waals surface area contributed by atoms with E-state index in [0.717, 1.165) is 4.68 Å². The van der Waals surface area contributed by atoms with Gasteiger partial charge in [-0.1, -0.05) is 37.0 Å². The molecule has 12 nitrogen and oxygen atoms in total. The van der Waals surface area contributed by atoms with Gasteiger partial charge in [0.2, 0.25) is 11.6 Å². The highest BCUT2D eigenvalue weighted by atomic mass is 35.5. The SMILES string of the molecule is CC(C)c1cc(Oc2c(Cl)cc(-n3nc(C#N)c(=O)[nH]c3=O)cc2Cl)n[nH]c1=O.O.O. The van der Waals surface area contributed by atoms with Gasteiger partial charge in [-0.15, -0.1) is 10.2 Å². The molecular weight excluding hydrogens is 455 g/mol. The first-order valence-electron chi connectivity index (χ1n) is 8.12. The predicted molar refractivity (Wildman–Crippen MR) is 111 cm³/mol. The predicted octanol–water partition coefficient (Wildman–Crippen LogP) is 0.449. The number of benzene rings is 1. The first kappa shape index (κ1) is 25.5. The average molecular weight is 471 g/mol. The van der Waals surface area contributed by atoms with Crippen LogP contribution < -0.4 is 21.5 Å². The summed E-state index contributed by atoms with van der Waals surface area (Å²) in [6.07, 6.45) is 0. The van der Waals surface area contributed by atoms with Crippen LogP contribution in [0, 0.1) is 11.3 Å². The molecule has 2 heterocycles. The molecule has 14 heteroatoms. The van der Waals surface area contributed by atoms with Gasteiger partial charge in [0.15, 0.2) is 5.75 Å². The lowest BCUT2D eigenvalue weighted by Gasteiger charge is -2.12. The van der Waals surface area contributed by atoms with Crippen LogP contribution in [-0.2, 0) is 0 Å². The van der Waals surface area contributed by atoms with E-state index in [1.54, 1.807) is 6.07 Å². The Bertz CT molecular complexity index is 1300. The molecule has 31 heavy (non-hydrogen) atoms. The Morgan fingerprint density at radius 3 is 2.26 bits per heavy atom. The Morgan fingerprint density at radius 2 is 1.71 bits per heavy atom. The van der Waals surface area contributed by atoms with Crippen molar-refractivity contribution in [3.8, 4) is 23.4 Å². The number of aromatic amines is 2.